The van der Waals surface area contributed by atoms with Crippen molar-refractivity contribution in [3.05, 3.63) is 65.7 Å². The van der Waals surface area contributed by atoms with E-state index < -0.39 is 38.7 Å². The monoisotopic (exact) mass is 401 g/mol. The van der Waals surface area contributed by atoms with Gasteiger partial charge in [0.15, 0.2) is 9.84 Å². The maximum absolute atomic E-state index is 13.4. The molecule has 1 aliphatic rings. The van der Waals surface area contributed by atoms with Crippen molar-refractivity contribution in [1.29, 1.82) is 0 Å². The van der Waals surface area contributed by atoms with Crippen LogP contribution in [-0.2, 0) is 19.4 Å². The average Bonchev–Trinajstić information content (AvgIpc) is 3.08. The number of ether oxygens (including phenoxy) is 1. The molecule has 1 N–H and O–H groups in total. The molecular weight excluding hydrogens is 374 g/mol. The predicted molar refractivity (Wildman–Crippen MR) is 109 cm³/mol. The molecule has 1 aliphatic heterocycles. The molecule has 1 fully saturated rings. The largest absolute Gasteiger partial charge is 0.459 e. The van der Waals surface area contributed by atoms with Crippen molar-refractivity contribution >= 4 is 15.8 Å². The summed E-state index contributed by atoms with van der Waals surface area (Å²) in [6, 6.07) is 14.9. The van der Waals surface area contributed by atoms with E-state index in [-0.39, 0.29) is 11.3 Å². The molecule has 0 radical (unpaired) electrons. The van der Waals surface area contributed by atoms with Gasteiger partial charge < -0.3 is 4.74 Å². The Labute approximate surface area is 167 Å². The fraction of sp³-hybridized carbons (Fsp3) is 0.409. The summed E-state index contributed by atoms with van der Waals surface area (Å²) in [7, 11) is -3.63. The van der Waals surface area contributed by atoms with Crippen molar-refractivity contribution in [3.63, 3.8) is 0 Å². The lowest BCUT2D eigenvalue weighted by Gasteiger charge is -2.23. The Bertz CT molecular complexity index is 948. The van der Waals surface area contributed by atoms with Gasteiger partial charge in [-0.1, -0.05) is 42.5 Å². The molecule has 0 aromatic heterocycles. The second-order valence-electron chi connectivity index (χ2n) is 8.22. The Morgan fingerprint density at radius 2 is 1.64 bits per heavy atom. The van der Waals surface area contributed by atoms with Gasteiger partial charge in [-0.2, -0.15) is 0 Å². The molecule has 0 amide bonds. The van der Waals surface area contributed by atoms with Gasteiger partial charge in [0.1, 0.15) is 11.6 Å². The summed E-state index contributed by atoms with van der Waals surface area (Å²) in [6.07, 6.45) is 0.172. The van der Waals surface area contributed by atoms with Crippen LogP contribution in [0.25, 0.3) is 0 Å². The van der Waals surface area contributed by atoms with Crippen LogP contribution in [0.5, 0.6) is 0 Å². The second-order valence-corrected chi connectivity index (χ2v) is 10.4. The van der Waals surface area contributed by atoms with Crippen LogP contribution in [0, 0.1) is 6.92 Å². The Balaban J connectivity index is 2.00. The van der Waals surface area contributed by atoms with E-state index in [4.69, 9.17) is 4.74 Å². The van der Waals surface area contributed by atoms with Gasteiger partial charge in [0.05, 0.1) is 16.2 Å². The molecule has 2 unspecified atom stereocenters. The van der Waals surface area contributed by atoms with E-state index >= 15 is 0 Å². The van der Waals surface area contributed by atoms with Crippen LogP contribution in [0.15, 0.2) is 59.5 Å². The fourth-order valence-corrected chi connectivity index (χ4v) is 5.53. The molecule has 3 atom stereocenters. The zero-order valence-corrected chi connectivity index (χ0v) is 17.5. The van der Waals surface area contributed by atoms with Crippen LogP contribution in [0.1, 0.15) is 44.4 Å². The molecular formula is C22H27NO4S. The van der Waals surface area contributed by atoms with E-state index in [2.05, 4.69) is 5.32 Å². The first kappa shape index (κ1) is 20.6. The minimum absolute atomic E-state index is 0.172. The fourth-order valence-electron chi connectivity index (χ4n) is 3.61. The highest BCUT2D eigenvalue weighted by Crippen LogP contribution is 2.37. The lowest BCUT2D eigenvalue weighted by Crippen LogP contribution is -2.38. The molecule has 28 heavy (non-hydrogen) atoms. The number of carbonyl (C=O) groups is 1. The molecule has 3 rings (SSSR count). The van der Waals surface area contributed by atoms with E-state index in [9.17, 15) is 13.2 Å². The van der Waals surface area contributed by atoms with Crippen molar-refractivity contribution in [2.24, 2.45) is 0 Å². The normalized spacial score (nSPS) is 22.8. The third kappa shape index (κ3) is 4.28. The molecule has 5 nitrogen and oxygen atoms in total. The van der Waals surface area contributed by atoms with E-state index in [1.807, 2.05) is 31.2 Å². The van der Waals surface area contributed by atoms with Crippen molar-refractivity contribution in [2.45, 2.75) is 61.9 Å². The quantitative estimate of drug-likeness (QED) is 0.793. The smallest absolute Gasteiger partial charge is 0.323 e. The first-order valence-corrected chi connectivity index (χ1v) is 11.0. The van der Waals surface area contributed by atoms with Gasteiger partial charge in [-0.15, -0.1) is 0 Å². The first-order valence-electron chi connectivity index (χ1n) is 9.43. The van der Waals surface area contributed by atoms with Gasteiger partial charge in [-0.05, 0) is 57.4 Å². The van der Waals surface area contributed by atoms with Gasteiger partial charge in [0.2, 0.25) is 0 Å². The zero-order valence-electron chi connectivity index (χ0n) is 16.7. The number of carbonyl (C=O) groups excluding carboxylic acids is 1. The van der Waals surface area contributed by atoms with Crippen LogP contribution in [-0.4, -0.2) is 31.3 Å². The molecule has 2 aromatic rings. The number of aryl methyl sites for hydroxylation is 1. The summed E-state index contributed by atoms with van der Waals surface area (Å²) in [6.45, 7) is 7.36. The predicted octanol–water partition coefficient (Wildman–Crippen LogP) is 3.58. The maximum Gasteiger partial charge on any atom is 0.323 e. The van der Waals surface area contributed by atoms with Crippen LogP contribution < -0.4 is 5.32 Å². The first-order chi connectivity index (χ1) is 13.1. The van der Waals surface area contributed by atoms with E-state index in [0.29, 0.717) is 0 Å². The van der Waals surface area contributed by atoms with E-state index in [0.717, 1.165) is 11.1 Å². The number of rotatable bonds is 4. The highest BCUT2D eigenvalue weighted by atomic mass is 32.2. The Kier molecular flexibility index (Phi) is 5.64. The summed E-state index contributed by atoms with van der Waals surface area (Å²) in [5.41, 5.74) is 1.24. The third-order valence-electron chi connectivity index (χ3n) is 4.91. The van der Waals surface area contributed by atoms with Crippen molar-refractivity contribution < 1.29 is 17.9 Å². The highest BCUT2D eigenvalue weighted by Gasteiger charge is 2.47. The molecule has 0 bridgehead atoms. The number of sulfone groups is 1. The number of nitrogens with one attached hydrogen (secondary N) is 1. The molecule has 0 aliphatic carbocycles. The number of hydrogen-bond acceptors (Lipinski definition) is 5. The Hall–Kier alpha value is -2.18. The molecule has 0 saturated carbocycles. The minimum atomic E-state index is -3.63. The van der Waals surface area contributed by atoms with Gasteiger partial charge in [0.25, 0.3) is 0 Å². The summed E-state index contributed by atoms with van der Waals surface area (Å²) < 4.78 is 32.3. The summed E-state index contributed by atoms with van der Waals surface area (Å²) in [5.74, 6) is -0.420. The van der Waals surface area contributed by atoms with E-state index in [1.54, 1.807) is 51.1 Å². The lowest BCUT2D eigenvalue weighted by atomic mass is 10.00. The number of benzene rings is 2. The number of hydrogen-bond donors (Lipinski definition) is 1. The summed E-state index contributed by atoms with van der Waals surface area (Å²) >= 11 is 0. The van der Waals surface area contributed by atoms with Gasteiger partial charge in [0, 0.05) is 0 Å². The molecule has 150 valence electrons. The lowest BCUT2D eigenvalue weighted by molar-refractivity contribution is -0.157. The minimum Gasteiger partial charge on any atom is -0.459 e. The van der Waals surface area contributed by atoms with Crippen molar-refractivity contribution in [3.8, 4) is 0 Å². The summed E-state index contributed by atoms with van der Waals surface area (Å²) in [4.78, 5) is 12.9. The summed E-state index contributed by atoms with van der Waals surface area (Å²) in [5, 5.41) is 2.49. The van der Waals surface area contributed by atoms with Gasteiger partial charge in [-0.3, -0.25) is 10.1 Å². The molecule has 2 aromatic carbocycles. The van der Waals surface area contributed by atoms with Crippen LogP contribution in [0.2, 0.25) is 0 Å². The topological polar surface area (TPSA) is 72.5 Å². The molecule has 1 heterocycles. The Morgan fingerprint density at radius 3 is 2.25 bits per heavy atom. The highest BCUT2D eigenvalue weighted by molar-refractivity contribution is 7.92. The van der Waals surface area contributed by atoms with Crippen LogP contribution >= 0.6 is 0 Å². The van der Waals surface area contributed by atoms with Crippen LogP contribution in [0.3, 0.4) is 0 Å². The Morgan fingerprint density at radius 1 is 1.04 bits per heavy atom. The standard InChI is InChI=1S/C22H27NO4S/c1-15-10-8-9-13-17(15)20-19(28(25,26)16-11-6-5-7-12-16)14-18(23-20)21(24)27-22(2,3)4/h5-13,18-20,23H,14H2,1-4H3/t18-,19?,20?/m0/s1. The van der Waals surface area contributed by atoms with E-state index in [1.165, 1.54) is 0 Å². The second kappa shape index (κ2) is 7.68. The van der Waals surface area contributed by atoms with Crippen LogP contribution in [0.4, 0.5) is 0 Å². The maximum atomic E-state index is 13.4. The molecule has 0 spiro atoms. The number of esters is 1. The van der Waals surface area contributed by atoms with Gasteiger partial charge >= 0.3 is 5.97 Å². The zero-order chi connectivity index (χ0) is 20.5. The SMILES string of the molecule is Cc1ccccc1C1N[C@H](C(=O)OC(C)(C)C)CC1S(=O)(=O)c1ccccc1. The van der Waals surface area contributed by atoms with Crippen molar-refractivity contribution in [1.82, 2.24) is 5.32 Å². The van der Waals surface area contributed by atoms with Crippen molar-refractivity contribution in [2.75, 3.05) is 0 Å². The van der Waals surface area contributed by atoms with Gasteiger partial charge in [-0.25, -0.2) is 8.42 Å². The molecule has 6 heteroatoms. The average molecular weight is 402 g/mol. The molecule has 1 saturated heterocycles. The third-order valence-corrected chi connectivity index (χ3v) is 7.10.